The molecule has 3 aromatic heterocycles. The summed E-state index contributed by atoms with van der Waals surface area (Å²) in [5.41, 5.74) is 2.69. The van der Waals surface area contributed by atoms with E-state index in [2.05, 4.69) is 36.8 Å². The molecule has 1 unspecified atom stereocenters. The first-order valence-corrected chi connectivity index (χ1v) is 11.0. The van der Waals surface area contributed by atoms with Gasteiger partial charge in [-0.2, -0.15) is 5.10 Å². The molecule has 8 heteroatoms. The highest BCUT2D eigenvalue weighted by Gasteiger charge is 2.27. The Morgan fingerprint density at radius 3 is 2.75 bits per heavy atom. The van der Waals surface area contributed by atoms with Crippen LogP contribution in [0.4, 0.5) is 5.69 Å². The van der Waals surface area contributed by atoms with Gasteiger partial charge in [-0.1, -0.05) is 0 Å². The Labute approximate surface area is 185 Å². The summed E-state index contributed by atoms with van der Waals surface area (Å²) in [6.07, 6.45) is 10.7. The average Bonchev–Trinajstić information content (AvgIpc) is 3.58. The van der Waals surface area contributed by atoms with Crippen LogP contribution in [0.1, 0.15) is 30.4 Å². The number of likely N-dealkylation sites (tertiary alicyclic amines) is 1. The molecule has 0 saturated carbocycles. The highest BCUT2D eigenvalue weighted by atomic mass is 16.3. The predicted molar refractivity (Wildman–Crippen MR) is 122 cm³/mol. The Bertz CT molecular complexity index is 1270. The topological polar surface area (TPSA) is 83.5 Å². The van der Waals surface area contributed by atoms with Crippen LogP contribution in [-0.2, 0) is 6.54 Å². The number of fused-ring (bicyclic) bond motifs is 2. The first kappa shape index (κ1) is 19.2. The zero-order chi connectivity index (χ0) is 21.5. The molecule has 0 amide bonds. The molecule has 0 aliphatic carbocycles. The number of anilines is 1. The molecule has 1 saturated heterocycles. The molecule has 1 atom stereocenters. The molecule has 4 aromatic rings. The predicted octanol–water partition coefficient (Wildman–Crippen LogP) is 3.66. The summed E-state index contributed by atoms with van der Waals surface area (Å²) in [6.45, 7) is 4.30. The van der Waals surface area contributed by atoms with Crippen LogP contribution in [0.5, 0.6) is 0 Å². The molecule has 1 N–H and O–H groups in total. The lowest BCUT2D eigenvalue weighted by Gasteiger charge is -2.29. The summed E-state index contributed by atoms with van der Waals surface area (Å²) >= 11 is 0. The van der Waals surface area contributed by atoms with Crippen molar-refractivity contribution in [3.05, 3.63) is 66.4 Å². The third-order valence-corrected chi connectivity index (χ3v) is 6.26. The van der Waals surface area contributed by atoms with Crippen LogP contribution in [0.15, 0.2) is 59.5 Å². The molecule has 5 heterocycles. The number of benzene rings is 1. The van der Waals surface area contributed by atoms with Crippen LogP contribution in [0.2, 0.25) is 0 Å². The summed E-state index contributed by atoms with van der Waals surface area (Å²) in [5.74, 6) is 1.65. The van der Waals surface area contributed by atoms with Gasteiger partial charge in [-0.25, -0.2) is 9.97 Å². The average molecular weight is 428 g/mol. The van der Waals surface area contributed by atoms with E-state index < -0.39 is 6.23 Å². The van der Waals surface area contributed by atoms with Crippen molar-refractivity contribution in [1.29, 1.82) is 0 Å². The molecule has 0 radical (unpaired) electrons. The van der Waals surface area contributed by atoms with Crippen LogP contribution in [0, 0.1) is 0 Å². The van der Waals surface area contributed by atoms with Gasteiger partial charge < -0.3 is 19.3 Å². The molecule has 1 aromatic carbocycles. The number of aliphatic hydroxyl groups is 1. The monoisotopic (exact) mass is 428 g/mol. The number of hydrogen-bond acceptors (Lipinski definition) is 7. The first-order chi connectivity index (χ1) is 15.8. The molecular weight excluding hydrogens is 404 g/mol. The molecule has 2 aliphatic rings. The van der Waals surface area contributed by atoms with Gasteiger partial charge in [0.05, 0.1) is 18.3 Å². The summed E-state index contributed by atoms with van der Waals surface area (Å²) in [6, 6.07) is 9.73. The van der Waals surface area contributed by atoms with E-state index in [0.717, 1.165) is 29.7 Å². The minimum atomic E-state index is -0.862. The summed E-state index contributed by atoms with van der Waals surface area (Å²) in [7, 11) is 0. The van der Waals surface area contributed by atoms with Gasteiger partial charge in [-0.15, -0.1) is 0 Å². The number of nitrogens with zero attached hydrogens (tertiary/aromatic N) is 6. The first-order valence-electron chi connectivity index (χ1n) is 11.0. The molecule has 0 spiro atoms. The van der Waals surface area contributed by atoms with Gasteiger partial charge >= 0.3 is 0 Å². The lowest BCUT2D eigenvalue weighted by molar-refractivity contribution is 0.180. The van der Waals surface area contributed by atoms with E-state index in [1.54, 1.807) is 24.5 Å². The van der Waals surface area contributed by atoms with Crippen molar-refractivity contribution < 1.29 is 9.52 Å². The van der Waals surface area contributed by atoms with Crippen molar-refractivity contribution in [2.24, 2.45) is 0 Å². The van der Waals surface area contributed by atoms with Crippen LogP contribution in [0.25, 0.3) is 28.6 Å². The largest absolute Gasteiger partial charge is 0.453 e. The highest BCUT2D eigenvalue weighted by molar-refractivity contribution is 5.83. The quantitative estimate of drug-likeness (QED) is 0.519. The van der Waals surface area contributed by atoms with E-state index in [0.29, 0.717) is 22.9 Å². The van der Waals surface area contributed by atoms with Crippen molar-refractivity contribution >= 4 is 22.7 Å². The highest BCUT2D eigenvalue weighted by Crippen LogP contribution is 2.37. The second kappa shape index (κ2) is 7.89. The summed E-state index contributed by atoms with van der Waals surface area (Å²) < 4.78 is 7.94. The maximum atomic E-state index is 11.1. The molecule has 1 fully saturated rings. The Morgan fingerprint density at radius 2 is 1.91 bits per heavy atom. The van der Waals surface area contributed by atoms with E-state index in [4.69, 9.17) is 4.42 Å². The van der Waals surface area contributed by atoms with Crippen molar-refractivity contribution in [3.8, 4) is 11.6 Å². The van der Waals surface area contributed by atoms with E-state index in [1.165, 1.54) is 25.9 Å². The fourth-order valence-corrected chi connectivity index (χ4v) is 4.55. The fraction of sp³-hybridized carbons (Fsp3) is 0.292. The standard InChI is InChI=1S/C24H24N6O2/c31-24-19-15-22(23-25-7-3-8-26-23)32-21(19)6-11-29(24)18-4-5-20-17(14-18)16-27-30(20)13-12-28-9-1-2-10-28/h3-8,11,14-16,24,31H,1-2,9-10,12-13H2. The molecule has 2 aliphatic heterocycles. The maximum absolute atomic E-state index is 11.1. The van der Waals surface area contributed by atoms with Gasteiger partial charge in [0.1, 0.15) is 5.76 Å². The maximum Gasteiger partial charge on any atom is 0.195 e. The van der Waals surface area contributed by atoms with Crippen LogP contribution in [-0.4, -0.2) is 49.4 Å². The van der Waals surface area contributed by atoms with Gasteiger partial charge in [0, 0.05) is 41.8 Å². The van der Waals surface area contributed by atoms with Gasteiger partial charge in [0.2, 0.25) is 0 Å². The molecular formula is C24H24N6O2. The van der Waals surface area contributed by atoms with Crippen molar-refractivity contribution in [2.45, 2.75) is 25.6 Å². The number of rotatable bonds is 5. The zero-order valence-corrected chi connectivity index (χ0v) is 17.6. The molecule has 6 rings (SSSR count). The lowest BCUT2D eigenvalue weighted by atomic mass is 10.1. The van der Waals surface area contributed by atoms with E-state index in [-0.39, 0.29) is 0 Å². The Morgan fingerprint density at radius 1 is 1.06 bits per heavy atom. The second-order valence-corrected chi connectivity index (χ2v) is 8.26. The van der Waals surface area contributed by atoms with Crippen LogP contribution >= 0.6 is 0 Å². The SMILES string of the molecule is OC1c2cc(-c3ncccn3)oc2C=CN1c1ccc2c(cnn2CCN2CCCC2)c1. The van der Waals surface area contributed by atoms with E-state index in [1.807, 2.05) is 29.4 Å². The van der Waals surface area contributed by atoms with Gasteiger partial charge in [-0.3, -0.25) is 4.68 Å². The van der Waals surface area contributed by atoms with Gasteiger partial charge in [0.15, 0.2) is 17.8 Å². The third-order valence-electron chi connectivity index (χ3n) is 6.26. The van der Waals surface area contributed by atoms with Crippen molar-refractivity contribution in [3.63, 3.8) is 0 Å². The second-order valence-electron chi connectivity index (χ2n) is 8.26. The van der Waals surface area contributed by atoms with E-state index >= 15 is 0 Å². The number of hydrogen-bond donors (Lipinski definition) is 1. The van der Waals surface area contributed by atoms with Crippen LogP contribution in [0.3, 0.4) is 0 Å². The zero-order valence-electron chi connectivity index (χ0n) is 17.6. The minimum absolute atomic E-state index is 0.497. The molecule has 162 valence electrons. The van der Waals surface area contributed by atoms with Crippen LogP contribution < -0.4 is 4.90 Å². The Kier molecular flexibility index (Phi) is 4.74. The summed E-state index contributed by atoms with van der Waals surface area (Å²) in [5, 5.41) is 16.7. The van der Waals surface area contributed by atoms with Crippen molar-refractivity contribution in [1.82, 2.24) is 24.6 Å². The van der Waals surface area contributed by atoms with Crippen molar-refractivity contribution in [2.75, 3.05) is 24.5 Å². The number of aliphatic hydroxyl groups excluding tert-OH is 1. The minimum Gasteiger partial charge on any atom is -0.453 e. The lowest BCUT2D eigenvalue weighted by Crippen LogP contribution is -2.25. The Balaban J connectivity index is 1.24. The Hall–Kier alpha value is -3.49. The number of furan rings is 1. The summed E-state index contributed by atoms with van der Waals surface area (Å²) in [4.78, 5) is 12.8. The molecule has 32 heavy (non-hydrogen) atoms. The van der Waals surface area contributed by atoms with E-state index in [9.17, 15) is 5.11 Å². The smallest absolute Gasteiger partial charge is 0.195 e. The normalized spacial score (nSPS) is 18.5. The van der Waals surface area contributed by atoms with Gasteiger partial charge in [0.25, 0.3) is 0 Å². The number of aromatic nitrogens is 4. The van der Waals surface area contributed by atoms with Gasteiger partial charge in [-0.05, 0) is 62.3 Å². The third kappa shape index (κ3) is 3.37. The molecule has 0 bridgehead atoms. The fourth-order valence-electron chi connectivity index (χ4n) is 4.55. The molecule has 8 nitrogen and oxygen atoms in total.